The fourth-order valence-corrected chi connectivity index (χ4v) is 2.13. The van der Waals surface area contributed by atoms with Crippen LogP contribution in [0.3, 0.4) is 0 Å². The van der Waals surface area contributed by atoms with Gasteiger partial charge in [-0.1, -0.05) is 37.3 Å². The van der Waals surface area contributed by atoms with Crippen LogP contribution in [0.2, 0.25) is 0 Å². The summed E-state index contributed by atoms with van der Waals surface area (Å²) in [6, 6.07) is 12.6. The number of fused-ring (bicyclic) bond motifs is 3. The van der Waals surface area contributed by atoms with Crippen molar-refractivity contribution in [3.05, 3.63) is 48.2 Å². The van der Waals surface area contributed by atoms with Gasteiger partial charge in [0.25, 0.3) is 0 Å². The van der Waals surface area contributed by atoms with Gasteiger partial charge in [0.05, 0.1) is 6.26 Å². The third kappa shape index (κ3) is 1.16. The molecule has 0 bridgehead atoms. The molecule has 0 amide bonds. The van der Waals surface area contributed by atoms with E-state index >= 15 is 0 Å². The maximum Gasteiger partial charge on any atom is 0.134 e. The van der Waals surface area contributed by atoms with Gasteiger partial charge < -0.3 is 4.42 Å². The first-order valence-electron chi connectivity index (χ1n) is 5.28. The normalized spacial score (nSPS) is 11.3. The molecule has 0 radical (unpaired) electrons. The number of furan rings is 1. The van der Waals surface area contributed by atoms with Gasteiger partial charge in [-0.2, -0.15) is 0 Å². The van der Waals surface area contributed by atoms with E-state index in [-0.39, 0.29) is 0 Å². The van der Waals surface area contributed by atoms with Crippen molar-refractivity contribution in [2.75, 3.05) is 0 Å². The van der Waals surface area contributed by atoms with E-state index in [1.165, 1.54) is 21.7 Å². The molecule has 74 valence electrons. The molecule has 3 rings (SSSR count). The predicted octanol–water partition coefficient (Wildman–Crippen LogP) is 4.15. The van der Waals surface area contributed by atoms with Gasteiger partial charge in [0.15, 0.2) is 0 Å². The Hall–Kier alpha value is -1.76. The zero-order valence-corrected chi connectivity index (χ0v) is 8.66. The predicted molar refractivity (Wildman–Crippen MR) is 63.1 cm³/mol. The molecule has 0 atom stereocenters. The van der Waals surface area contributed by atoms with Gasteiger partial charge >= 0.3 is 0 Å². The van der Waals surface area contributed by atoms with Crippen molar-refractivity contribution < 1.29 is 4.42 Å². The topological polar surface area (TPSA) is 13.1 Å². The number of hydrogen-bond donors (Lipinski definition) is 0. The Balaban J connectivity index is 2.56. The second-order valence-electron chi connectivity index (χ2n) is 3.77. The zero-order valence-electron chi connectivity index (χ0n) is 8.66. The number of rotatable bonds is 1. The molecule has 0 spiro atoms. The molecule has 15 heavy (non-hydrogen) atoms. The average Bonchev–Trinajstić information content (AvgIpc) is 2.72. The summed E-state index contributed by atoms with van der Waals surface area (Å²) in [5.41, 5.74) is 2.28. The average molecular weight is 196 g/mol. The van der Waals surface area contributed by atoms with E-state index in [4.69, 9.17) is 4.42 Å². The Morgan fingerprint density at radius 2 is 1.93 bits per heavy atom. The van der Waals surface area contributed by atoms with Gasteiger partial charge in [-0.25, -0.2) is 0 Å². The zero-order chi connectivity index (χ0) is 10.3. The first-order valence-corrected chi connectivity index (χ1v) is 5.28. The molecule has 0 unspecified atom stereocenters. The van der Waals surface area contributed by atoms with Crippen LogP contribution in [0, 0.1) is 0 Å². The molecular weight excluding hydrogens is 184 g/mol. The van der Waals surface area contributed by atoms with Gasteiger partial charge in [0.2, 0.25) is 0 Å². The molecule has 2 aromatic carbocycles. The quantitative estimate of drug-likeness (QED) is 0.570. The Morgan fingerprint density at radius 1 is 1.07 bits per heavy atom. The highest BCUT2D eigenvalue weighted by atomic mass is 16.3. The van der Waals surface area contributed by atoms with E-state index < -0.39 is 0 Å². The third-order valence-corrected chi connectivity index (χ3v) is 2.92. The van der Waals surface area contributed by atoms with Crippen LogP contribution in [-0.2, 0) is 6.42 Å². The van der Waals surface area contributed by atoms with E-state index in [0.717, 1.165) is 12.0 Å². The lowest BCUT2D eigenvalue weighted by Gasteiger charge is -1.99. The van der Waals surface area contributed by atoms with Crippen molar-refractivity contribution in [1.82, 2.24) is 0 Å². The van der Waals surface area contributed by atoms with Gasteiger partial charge in [-0.05, 0) is 28.8 Å². The highest BCUT2D eigenvalue weighted by Gasteiger charge is 2.07. The SMILES string of the molecule is CCc1coc2ccc3ccccc3c12. The summed E-state index contributed by atoms with van der Waals surface area (Å²) in [7, 11) is 0. The van der Waals surface area contributed by atoms with E-state index in [2.05, 4.69) is 43.3 Å². The van der Waals surface area contributed by atoms with Crippen LogP contribution in [0.25, 0.3) is 21.7 Å². The van der Waals surface area contributed by atoms with Crippen molar-refractivity contribution in [2.24, 2.45) is 0 Å². The largest absolute Gasteiger partial charge is 0.464 e. The Labute approximate surface area is 88.3 Å². The lowest BCUT2D eigenvalue weighted by atomic mass is 10.0. The molecule has 0 fully saturated rings. The fraction of sp³-hybridized carbons (Fsp3) is 0.143. The van der Waals surface area contributed by atoms with E-state index in [0.29, 0.717) is 0 Å². The molecule has 1 heteroatoms. The number of benzene rings is 2. The van der Waals surface area contributed by atoms with Crippen molar-refractivity contribution in [3.63, 3.8) is 0 Å². The fourth-order valence-electron chi connectivity index (χ4n) is 2.13. The summed E-state index contributed by atoms with van der Waals surface area (Å²) < 4.78 is 5.55. The van der Waals surface area contributed by atoms with Crippen molar-refractivity contribution >= 4 is 21.7 Å². The lowest BCUT2D eigenvalue weighted by Crippen LogP contribution is -1.78. The molecular formula is C14H12O. The van der Waals surface area contributed by atoms with E-state index in [1.54, 1.807) is 0 Å². The van der Waals surface area contributed by atoms with Crippen LogP contribution >= 0.6 is 0 Å². The summed E-state index contributed by atoms with van der Waals surface area (Å²) in [4.78, 5) is 0. The van der Waals surface area contributed by atoms with Crippen LogP contribution in [-0.4, -0.2) is 0 Å². The summed E-state index contributed by atoms with van der Waals surface area (Å²) >= 11 is 0. The molecule has 0 saturated heterocycles. The first kappa shape index (κ1) is 8.54. The molecule has 0 aliphatic rings. The van der Waals surface area contributed by atoms with Crippen LogP contribution in [0.4, 0.5) is 0 Å². The minimum absolute atomic E-state index is 0.991. The highest BCUT2D eigenvalue weighted by molar-refractivity contribution is 6.07. The van der Waals surface area contributed by atoms with Crippen LogP contribution in [0.5, 0.6) is 0 Å². The minimum atomic E-state index is 0.991. The second kappa shape index (κ2) is 3.13. The maximum atomic E-state index is 5.55. The Kier molecular flexibility index (Phi) is 1.78. The van der Waals surface area contributed by atoms with Gasteiger partial charge in [-0.15, -0.1) is 0 Å². The maximum absolute atomic E-state index is 5.55. The summed E-state index contributed by atoms with van der Waals surface area (Å²) in [6.07, 6.45) is 2.89. The number of aryl methyl sites for hydroxylation is 1. The molecule has 3 aromatic rings. The van der Waals surface area contributed by atoms with Crippen LogP contribution in [0.15, 0.2) is 47.1 Å². The molecule has 1 nitrogen and oxygen atoms in total. The number of hydrogen-bond acceptors (Lipinski definition) is 1. The first-order chi connectivity index (χ1) is 7.40. The molecule has 1 heterocycles. The Bertz CT molecular complexity index is 619. The third-order valence-electron chi connectivity index (χ3n) is 2.92. The highest BCUT2D eigenvalue weighted by Crippen LogP contribution is 2.29. The summed E-state index contributed by atoms with van der Waals surface area (Å²) in [5.74, 6) is 0. The van der Waals surface area contributed by atoms with Gasteiger partial charge in [0.1, 0.15) is 5.58 Å². The van der Waals surface area contributed by atoms with Crippen LogP contribution in [0.1, 0.15) is 12.5 Å². The smallest absolute Gasteiger partial charge is 0.134 e. The molecule has 1 aromatic heterocycles. The van der Waals surface area contributed by atoms with Crippen molar-refractivity contribution in [3.8, 4) is 0 Å². The summed E-state index contributed by atoms with van der Waals surface area (Å²) in [5, 5.41) is 3.84. The molecule has 0 aliphatic heterocycles. The summed E-state index contributed by atoms with van der Waals surface area (Å²) in [6.45, 7) is 2.16. The molecule has 0 aliphatic carbocycles. The van der Waals surface area contributed by atoms with E-state index in [9.17, 15) is 0 Å². The lowest BCUT2D eigenvalue weighted by molar-refractivity contribution is 0.611. The monoisotopic (exact) mass is 196 g/mol. The van der Waals surface area contributed by atoms with Crippen LogP contribution < -0.4 is 0 Å². The Morgan fingerprint density at radius 3 is 2.80 bits per heavy atom. The van der Waals surface area contributed by atoms with Gasteiger partial charge in [-0.3, -0.25) is 0 Å². The second-order valence-corrected chi connectivity index (χ2v) is 3.77. The van der Waals surface area contributed by atoms with E-state index in [1.807, 2.05) is 6.26 Å². The van der Waals surface area contributed by atoms with Crippen molar-refractivity contribution in [2.45, 2.75) is 13.3 Å². The molecule has 0 saturated carbocycles. The standard InChI is InChI=1S/C14H12O/c1-2-10-9-15-13-8-7-11-5-3-4-6-12(11)14(10)13/h3-9H,2H2,1H3. The van der Waals surface area contributed by atoms with Gasteiger partial charge in [0, 0.05) is 5.39 Å². The minimum Gasteiger partial charge on any atom is -0.464 e. The molecule has 0 N–H and O–H groups in total. The van der Waals surface area contributed by atoms with Crippen molar-refractivity contribution in [1.29, 1.82) is 0 Å².